The van der Waals surface area contributed by atoms with Crippen LogP contribution in [0.25, 0.3) is 0 Å². The van der Waals surface area contributed by atoms with Crippen molar-refractivity contribution < 1.29 is 9.53 Å². The molecule has 0 spiro atoms. The van der Waals surface area contributed by atoms with Crippen LogP contribution >= 0.6 is 23.2 Å². The molecule has 0 radical (unpaired) electrons. The molecule has 0 aromatic heterocycles. The van der Waals surface area contributed by atoms with Crippen LogP contribution in [0.4, 0.5) is 4.79 Å². The molecule has 0 heterocycles. The van der Waals surface area contributed by atoms with Crippen LogP contribution in [-0.4, -0.2) is 19.4 Å². The van der Waals surface area contributed by atoms with Gasteiger partial charge in [-0.25, -0.2) is 10.2 Å². The molecule has 0 aliphatic carbocycles. The van der Waals surface area contributed by atoms with Crippen LogP contribution in [0.3, 0.4) is 0 Å². The Bertz CT molecular complexity index is 394. The summed E-state index contributed by atoms with van der Waals surface area (Å²) in [6, 6.07) is 4.95. The van der Waals surface area contributed by atoms with Crippen molar-refractivity contribution in [2.24, 2.45) is 5.10 Å². The molecule has 0 unspecified atom stereocenters. The highest BCUT2D eigenvalue weighted by molar-refractivity contribution is 6.36. The van der Waals surface area contributed by atoms with Crippen LogP contribution in [-0.2, 0) is 4.74 Å². The predicted molar refractivity (Wildman–Crippen MR) is 59.6 cm³/mol. The summed E-state index contributed by atoms with van der Waals surface area (Å²) in [7, 11) is 1.25. The first-order valence-electron chi connectivity index (χ1n) is 3.95. The van der Waals surface area contributed by atoms with Crippen molar-refractivity contribution in [1.29, 1.82) is 0 Å². The number of hydrogen-bond donors (Lipinski definition) is 1. The Labute approximate surface area is 96.8 Å². The first-order valence-corrected chi connectivity index (χ1v) is 4.71. The highest BCUT2D eigenvalue weighted by Gasteiger charge is 1.98. The summed E-state index contributed by atoms with van der Waals surface area (Å²) >= 11 is 11.6. The molecule has 6 heteroatoms. The topological polar surface area (TPSA) is 50.7 Å². The third kappa shape index (κ3) is 3.77. The minimum atomic E-state index is -0.642. The van der Waals surface area contributed by atoms with Crippen LogP contribution in [0, 0.1) is 0 Å². The normalized spacial score (nSPS) is 10.3. The molecule has 4 nitrogen and oxygen atoms in total. The lowest BCUT2D eigenvalue weighted by atomic mass is 10.2. The SMILES string of the molecule is COC(=O)N/N=C/c1ccc(Cl)cc1Cl. The molecule has 0 fully saturated rings. The Kier molecular flexibility index (Phi) is 4.39. The lowest BCUT2D eigenvalue weighted by Gasteiger charge is -1.98. The molecule has 0 bridgehead atoms. The van der Waals surface area contributed by atoms with Crippen LogP contribution in [0.5, 0.6) is 0 Å². The zero-order valence-electron chi connectivity index (χ0n) is 7.83. The number of nitrogens with one attached hydrogen (secondary N) is 1. The lowest BCUT2D eigenvalue weighted by molar-refractivity contribution is 0.171. The van der Waals surface area contributed by atoms with Gasteiger partial charge >= 0.3 is 6.09 Å². The number of benzene rings is 1. The molecule has 0 aliphatic heterocycles. The predicted octanol–water partition coefficient (Wildman–Crippen LogP) is 2.68. The van der Waals surface area contributed by atoms with Gasteiger partial charge in [-0.15, -0.1) is 0 Å². The number of nitrogens with zero attached hydrogens (tertiary/aromatic N) is 1. The van der Waals surface area contributed by atoms with Crippen molar-refractivity contribution in [2.75, 3.05) is 7.11 Å². The molecule has 0 saturated heterocycles. The third-order valence-corrected chi connectivity index (χ3v) is 2.07. The fourth-order valence-corrected chi connectivity index (χ4v) is 1.26. The quantitative estimate of drug-likeness (QED) is 0.645. The molecule has 1 amide bonds. The molecule has 1 aromatic rings. The molecule has 1 rings (SSSR count). The molecule has 1 N–H and O–H groups in total. The van der Waals surface area contributed by atoms with Gasteiger partial charge in [0.1, 0.15) is 0 Å². The second kappa shape index (κ2) is 5.58. The van der Waals surface area contributed by atoms with Crippen molar-refractivity contribution in [3.63, 3.8) is 0 Å². The minimum absolute atomic E-state index is 0.456. The van der Waals surface area contributed by atoms with Crippen molar-refractivity contribution in [3.8, 4) is 0 Å². The van der Waals surface area contributed by atoms with E-state index in [0.717, 1.165) is 0 Å². The molecular formula is C9H8Cl2N2O2. The van der Waals surface area contributed by atoms with E-state index >= 15 is 0 Å². The Balaban J connectivity index is 2.68. The minimum Gasteiger partial charge on any atom is -0.452 e. The zero-order valence-corrected chi connectivity index (χ0v) is 9.34. The van der Waals surface area contributed by atoms with Gasteiger partial charge in [-0.2, -0.15) is 5.10 Å². The van der Waals surface area contributed by atoms with E-state index < -0.39 is 6.09 Å². The number of methoxy groups -OCH3 is 1. The summed E-state index contributed by atoms with van der Waals surface area (Å²) in [5.74, 6) is 0. The van der Waals surface area contributed by atoms with Gasteiger partial charge < -0.3 is 4.74 Å². The molecule has 0 saturated carbocycles. The highest BCUT2D eigenvalue weighted by Crippen LogP contribution is 2.19. The summed E-state index contributed by atoms with van der Waals surface area (Å²) in [6.07, 6.45) is 0.756. The van der Waals surface area contributed by atoms with E-state index in [4.69, 9.17) is 23.2 Å². The van der Waals surface area contributed by atoms with Gasteiger partial charge in [0, 0.05) is 10.6 Å². The van der Waals surface area contributed by atoms with Crippen LogP contribution < -0.4 is 5.43 Å². The van der Waals surface area contributed by atoms with E-state index in [2.05, 4.69) is 15.3 Å². The average Bonchev–Trinajstić information content (AvgIpc) is 2.21. The molecule has 0 aliphatic rings. The number of carbonyl (C=O) groups is 1. The van der Waals surface area contributed by atoms with E-state index in [-0.39, 0.29) is 0 Å². The average molecular weight is 247 g/mol. The first-order chi connectivity index (χ1) is 7.13. The van der Waals surface area contributed by atoms with Gasteiger partial charge in [-0.3, -0.25) is 0 Å². The van der Waals surface area contributed by atoms with Crippen LogP contribution in [0.15, 0.2) is 23.3 Å². The maximum atomic E-state index is 10.6. The second-order valence-corrected chi connectivity index (χ2v) is 3.37. The maximum Gasteiger partial charge on any atom is 0.427 e. The largest absolute Gasteiger partial charge is 0.452 e. The summed E-state index contributed by atoms with van der Waals surface area (Å²) in [5, 5.41) is 4.62. The number of halogens is 2. The summed E-state index contributed by atoms with van der Waals surface area (Å²) in [4.78, 5) is 10.6. The van der Waals surface area contributed by atoms with Gasteiger partial charge in [0.2, 0.25) is 0 Å². The number of ether oxygens (including phenoxy) is 1. The monoisotopic (exact) mass is 246 g/mol. The maximum absolute atomic E-state index is 10.6. The third-order valence-electron chi connectivity index (χ3n) is 1.51. The van der Waals surface area contributed by atoms with Crippen LogP contribution in [0.2, 0.25) is 10.0 Å². The number of carbonyl (C=O) groups excluding carboxylic acids is 1. The number of amides is 1. The number of hydrogen-bond acceptors (Lipinski definition) is 3. The Hall–Kier alpha value is -1.26. The number of hydrazone groups is 1. The number of rotatable bonds is 2. The van der Waals surface area contributed by atoms with Crippen molar-refractivity contribution in [3.05, 3.63) is 33.8 Å². The molecule has 1 aromatic carbocycles. The second-order valence-electron chi connectivity index (χ2n) is 2.53. The first kappa shape index (κ1) is 11.8. The highest BCUT2D eigenvalue weighted by atomic mass is 35.5. The molecule has 0 atom stereocenters. The van der Waals surface area contributed by atoms with E-state index in [9.17, 15) is 4.79 Å². The lowest BCUT2D eigenvalue weighted by Crippen LogP contribution is -2.16. The Morgan fingerprint density at radius 3 is 2.87 bits per heavy atom. The summed E-state index contributed by atoms with van der Waals surface area (Å²) in [6.45, 7) is 0. The Morgan fingerprint density at radius 1 is 1.53 bits per heavy atom. The van der Waals surface area contributed by atoms with Gasteiger partial charge in [0.15, 0.2) is 0 Å². The van der Waals surface area contributed by atoms with E-state index in [1.54, 1.807) is 18.2 Å². The smallest absolute Gasteiger partial charge is 0.427 e. The van der Waals surface area contributed by atoms with Gasteiger partial charge in [0.05, 0.1) is 18.3 Å². The Morgan fingerprint density at radius 2 is 2.27 bits per heavy atom. The molecule has 15 heavy (non-hydrogen) atoms. The fourth-order valence-electron chi connectivity index (χ4n) is 0.806. The van der Waals surface area contributed by atoms with Crippen molar-refractivity contribution in [2.45, 2.75) is 0 Å². The van der Waals surface area contributed by atoms with Gasteiger partial charge in [0.25, 0.3) is 0 Å². The van der Waals surface area contributed by atoms with Crippen molar-refractivity contribution in [1.82, 2.24) is 5.43 Å². The zero-order chi connectivity index (χ0) is 11.3. The van der Waals surface area contributed by atoms with Gasteiger partial charge in [-0.05, 0) is 12.1 Å². The van der Waals surface area contributed by atoms with Gasteiger partial charge in [-0.1, -0.05) is 29.3 Å². The molecule has 80 valence electrons. The van der Waals surface area contributed by atoms with Crippen molar-refractivity contribution >= 4 is 35.5 Å². The summed E-state index contributed by atoms with van der Waals surface area (Å²) in [5.41, 5.74) is 2.79. The standard InChI is InChI=1S/C9H8Cl2N2O2/c1-15-9(14)13-12-5-6-2-3-7(10)4-8(6)11/h2-5H,1H3,(H,13,14)/b12-5+. The molecular weight excluding hydrogens is 239 g/mol. The van der Waals surface area contributed by atoms with E-state index in [1.165, 1.54) is 13.3 Å². The van der Waals surface area contributed by atoms with E-state index in [0.29, 0.717) is 15.6 Å². The summed E-state index contributed by atoms with van der Waals surface area (Å²) < 4.78 is 4.32. The fraction of sp³-hybridized carbons (Fsp3) is 0.111. The van der Waals surface area contributed by atoms with Crippen LogP contribution in [0.1, 0.15) is 5.56 Å². The van der Waals surface area contributed by atoms with E-state index in [1.807, 2.05) is 0 Å².